The van der Waals surface area contributed by atoms with Gasteiger partial charge in [0.05, 0.1) is 0 Å². The third kappa shape index (κ3) is 2.62. The molecule has 0 radical (unpaired) electrons. The number of pyridine rings is 1. The molecule has 0 aliphatic carbocycles. The maximum absolute atomic E-state index is 12.1. The summed E-state index contributed by atoms with van der Waals surface area (Å²) in [5.74, 6) is -0.622. The third-order valence-electron chi connectivity index (χ3n) is 2.68. The topological polar surface area (TPSA) is 86.0 Å². The van der Waals surface area contributed by atoms with Gasteiger partial charge in [0.25, 0.3) is 11.5 Å². The van der Waals surface area contributed by atoms with Gasteiger partial charge in [0.2, 0.25) is 0 Å². The summed E-state index contributed by atoms with van der Waals surface area (Å²) < 4.78 is 2.03. The molecular weight excluding hydrogens is 284 g/mol. The van der Waals surface area contributed by atoms with Crippen molar-refractivity contribution in [3.8, 4) is 0 Å². The Morgan fingerprint density at radius 2 is 2.05 bits per heavy atom. The number of hydrogen-bond donors (Lipinski definition) is 1. The number of hydrogen-bond acceptors (Lipinski definition) is 4. The molecule has 104 valence electrons. The highest BCUT2D eigenvalue weighted by Gasteiger charge is 2.14. The van der Waals surface area contributed by atoms with E-state index in [0.29, 0.717) is 5.69 Å². The zero-order valence-corrected chi connectivity index (χ0v) is 11.5. The van der Waals surface area contributed by atoms with Gasteiger partial charge in [-0.3, -0.25) is 14.2 Å². The Kier molecular flexibility index (Phi) is 3.71. The van der Waals surface area contributed by atoms with Crippen LogP contribution in [-0.2, 0) is 14.1 Å². The molecular formula is C12H11ClN4O3. The van der Waals surface area contributed by atoms with Gasteiger partial charge in [-0.25, -0.2) is 9.78 Å². The Morgan fingerprint density at radius 3 is 2.70 bits per heavy atom. The molecule has 1 N–H and O–H groups in total. The first kappa shape index (κ1) is 14.0. The third-order valence-corrected chi connectivity index (χ3v) is 2.88. The number of aryl methyl sites for hydroxylation is 1. The van der Waals surface area contributed by atoms with Crippen LogP contribution in [0.2, 0.25) is 5.15 Å². The molecule has 0 saturated heterocycles. The maximum atomic E-state index is 12.1. The summed E-state index contributed by atoms with van der Waals surface area (Å²) in [6.07, 6.45) is 2.62. The smallest absolute Gasteiger partial charge is 0.322 e. The second kappa shape index (κ2) is 5.30. The molecule has 0 fully saturated rings. The lowest BCUT2D eigenvalue weighted by molar-refractivity contribution is 0.102. The Hall–Kier alpha value is -2.41. The zero-order valence-electron chi connectivity index (χ0n) is 10.8. The van der Waals surface area contributed by atoms with E-state index in [2.05, 4.69) is 10.3 Å². The highest BCUT2D eigenvalue weighted by molar-refractivity contribution is 6.29. The Bertz CT molecular complexity index is 794. The number of aromatic nitrogens is 3. The second-order valence-electron chi connectivity index (χ2n) is 4.12. The van der Waals surface area contributed by atoms with E-state index < -0.39 is 17.2 Å². The molecule has 0 bridgehead atoms. The molecule has 7 nitrogen and oxygen atoms in total. The Labute approximate surface area is 118 Å². The predicted molar refractivity (Wildman–Crippen MR) is 74.1 cm³/mol. The number of amides is 1. The lowest BCUT2D eigenvalue weighted by Crippen LogP contribution is -2.40. The van der Waals surface area contributed by atoms with Crippen molar-refractivity contribution >= 4 is 23.2 Å². The average molecular weight is 295 g/mol. The van der Waals surface area contributed by atoms with Crippen LogP contribution in [0.25, 0.3) is 0 Å². The lowest BCUT2D eigenvalue weighted by Gasteiger charge is -2.07. The summed E-state index contributed by atoms with van der Waals surface area (Å²) in [4.78, 5) is 39.3. The van der Waals surface area contributed by atoms with E-state index in [-0.39, 0.29) is 10.7 Å². The maximum Gasteiger partial charge on any atom is 0.330 e. The van der Waals surface area contributed by atoms with Crippen LogP contribution in [0.3, 0.4) is 0 Å². The van der Waals surface area contributed by atoms with Gasteiger partial charge < -0.3 is 9.88 Å². The average Bonchev–Trinajstić information content (AvgIpc) is 2.40. The summed E-state index contributed by atoms with van der Waals surface area (Å²) in [5, 5.41) is 2.74. The van der Waals surface area contributed by atoms with Crippen LogP contribution in [0.15, 0.2) is 34.1 Å². The molecule has 2 heterocycles. The first-order chi connectivity index (χ1) is 9.40. The van der Waals surface area contributed by atoms with Crippen molar-refractivity contribution in [2.45, 2.75) is 0 Å². The fraction of sp³-hybridized carbons (Fsp3) is 0.167. The molecule has 0 aromatic carbocycles. The minimum atomic E-state index is -0.661. The van der Waals surface area contributed by atoms with Crippen molar-refractivity contribution in [1.29, 1.82) is 0 Å². The van der Waals surface area contributed by atoms with Crippen molar-refractivity contribution in [2.75, 3.05) is 5.32 Å². The number of carbonyl (C=O) groups is 1. The molecule has 2 aromatic rings. The van der Waals surface area contributed by atoms with Gasteiger partial charge in [-0.2, -0.15) is 0 Å². The normalized spacial score (nSPS) is 10.3. The van der Waals surface area contributed by atoms with Crippen molar-refractivity contribution in [3.63, 3.8) is 0 Å². The zero-order chi connectivity index (χ0) is 14.9. The number of nitrogens with one attached hydrogen (secondary N) is 1. The number of halogens is 1. The summed E-state index contributed by atoms with van der Waals surface area (Å²) in [6, 6.07) is 2.99. The van der Waals surface area contributed by atoms with E-state index in [1.54, 1.807) is 0 Å². The van der Waals surface area contributed by atoms with E-state index in [1.165, 1.54) is 38.6 Å². The monoisotopic (exact) mass is 294 g/mol. The van der Waals surface area contributed by atoms with Gasteiger partial charge in [0.15, 0.2) is 0 Å². The van der Waals surface area contributed by atoms with Gasteiger partial charge in [-0.15, -0.1) is 0 Å². The van der Waals surface area contributed by atoms with Crippen LogP contribution in [-0.4, -0.2) is 20.0 Å². The summed E-state index contributed by atoms with van der Waals surface area (Å²) >= 11 is 5.70. The van der Waals surface area contributed by atoms with Gasteiger partial charge in [0.1, 0.15) is 10.7 Å². The highest BCUT2D eigenvalue weighted by Crippen LogP contribution is 2.12. The number of carbonyl (C=O) groups excluding carboxylic acids is 1. The fourth-order valence-corrected chi connectivity index (χ4v) is 1.82. The molecule has 0 aliphatic heterocycles. The van der Waals surface area contributed by atoms with Crippen LogP contribution in [0, 0.1) is 0 Å². The van der Waals surface area contributed by atoms with Gasteiger partial charge in [0, 0.05) is 32.2 Å². The number of nitrogens with zero attached hydrogens (tertiary/aromatic N) is 3. The molecule has 2 aromatic heterocycles. The van der Waals surface area contributed by atoms with Crippen LogP contribution < -0.4 is 16.6 Å². The molecule has 20 heavy (non-hydrogen) atoms. The molecule has 0 spiro atoms. The second-order valence-corrected chi connectivity index (χ2v) is 4.51. The highest BCUT2D eigenvalue weighted by atomic mass is 35.5. The van der Waals surface area contributed by atoms with Gasteiger partial charge in [-0.05, 0) is 12.1 Å². The van der Waals surface area contributed by atoms with Gasteiger partial charge >= 0.3 is 5.69 Å². The molecule has 0 atom stereocenters. The van der Waals surface area contributed by atoms with Crippen LogP contribution in [0.4, 0.5) is 5.69 Å². The molecule has 1 amide bonds. The molecule has 0 unspecified atom stereocenters. The quantitative estimate of drug-likeness (QED) is 0.812. The fourth-order valence-electron chi connectivity index (χ4n) is 1.64. The standard InChI is InChI=1S/C12H11ClN4O3/c1-16-6-8(11(19)17(2)12(16)20)10(18)15-7-3-4-14-9(13)5-7/h3-6H,1-2H3,(H,14,15,18). The van der Waals surface area contributed by atoms with E-state index in [9.17, 15) is 14.4 Å². The van der Waals surface area contributed by atoms with Crippen molar-refractivity contribution in [3.05, 3.63) is 56.1 Å². The Balaban J connectivity index is 2.40. The van der Waals surface area contributed by atoms with Crippen LogP contribution in [0.1, 0.15) is 10.4 Å². The SMILES string of the molecule is Cn1cc(C(=O)Nc2ccnc(Cl)c2)c(=O)n(C)c1=O. The summed E-state index contributed by atoms with van der Waals surface area (Å²) in [7, 11) is 2.77. The minimum Gasteiger partial charge on any atom is -0.322 e. The number of anilines is 1. The molecule has 8 heteroatoms. The predicted octanol–water partition coefficient (Wildman–Crippen LogP) is 0.385. The lowest BCUT2D eigenvalue weighted by atomic mass is 10.3. The largest absolute Gasteiger partial charge is 0.330 e. The molecule has 0 aliphatic rings. The van der Waals surface area contributed by atoms with Crippen molar-refractivity contribution in [1.82, 2.24) is 14.1 Å². The molecule has 0 saturated carbocycles. The minimum absolute atomic E-state index is 0.137. The molecule has 2 rings (SSSR count). The summed E-state index contributed by atoms with van der Waals surface area (Å²) in [6.45, 7) is 0. The van der Waals surface area contributed by atoms with Crippen molar-refractivity contribution < 1.29 is 4.79 Å². The van der Waals surface area contributed by atoms with Crippen LogP contribution in [0.5, 0.6) is 0 Å². The van der Waals surface area contributed by atoms with E-state index in [0.717, 1.165) is 9.13 Å². The first-order valence-corrected chi connectivity index (χ1v) is 5.97. The Morgan fingerprint density at radius 1 is 1.35 bits per heavy atom. The van der Waals surface area contributed by atoms with Gasteiger partial charge in [-0.1, -0.05) is 11.6 Å². The van der Waals surface area contributed by atoms with Crippen LogP contribution >= 0.6 is 11.6 Å². The van der Waals surface area contributed by atoms with Crippen molar-refractivity contribution in [2.24, 2.45) is 14.1 Å². The van der Waals surface area contributed by atoms with E-state index in [4.69, 9.17) is 11.6 Å². The number of rotatable bonds is 2. The van der Waals surface area contributed by atoms with E-state index >= 15 is 0 Å². The summed E-state index contributed by atoms with van der Waals surface area (Å²) in [5.41, 5.74) is -0.891. The van der Waals surface area contributed by atoms with E-state index in [1.807, 2.05) is 0 Å². The first-order valence-electron chi connectivity index (χ1n) is 5.59.